The molecule has 0 amide bonds. The van der Waals surface area contributed by atoms with E-state index < -0.39 is 0 Å². The van der Waals surface area contributed by atoms with Gasteiger partial charge in [0, 0.05) is 48.0 Å². The fraction of sp³-hybridized carbons (Fsp3) is 0. The van der Waals surface area contributed by atoms with Crippen molar-refractivity contribution >= 4 is 81.3 Å². The van der Waals surface area contributed by atoms with E-state index in [-0.39, 0.29) is 0 Å². The topological polar surface area (TPSA) is 16.4 Å². The molecule has 0 unspecified atom stereocenters. The summed E-state index contributed by atoms with van der Waals surface area (Å²) in [4.78, 5) is 2.38. The molecule has 230 valence electrons. The number of hydrogen-bond donors (Lipinski definition) is 0. The average Bonchev–Trinajstić information content (AvgIpc) is 3.73. The molecule has 2 aromatic heterocycles. The van der Waals surface area contributed by atoms with Crippen molar-refractivity contribution in [3.8, 4) is 22.3 Å². The van der Waals surface area contributed by atoms with Crippen molar-refractivity contribution in [2.75, 3.05) is 4.90 Å². The Morgan fingerprint density at radius 2 is 1.00 bits per heavy atom. The van der Waals surface area contributed by atoms with Crippen molar-refractivity contribution in [2.24, 2.45) is 0 Å². The van der Waals surface area contributed by atoms with Crippen LogP contribution in [0.25, 0.3) is 75.1 Å². The molecule has 49 heavy (non-hydrogen) atoms. The Labute approximate surface area is 287 Å². The minimum absolute atomic E-state index is 0.912. The van der Waals surface area contributed by atoms with E-state index in [1.54, 1.807) is 0 Å². The van der Waals surface area contributed by atoms with Crippen LogP contribution in [0, 0.1) is 0 Å². The van der Waals surface area contributed by atoms with Gasteiger partial charge in [0.15, 0.2) is 0 Å². The zero-order valence-electron chi connectivity index (χ0n) is 26.5. The lowest BCUT2D eigenvalue weighted by atomic mass is 10.00. The number of anilines is 3. The number of hydrogen-bond acceptors (Lipinski definition) is 3. The molecule has 0 aliphatic rings. The maximum atomic E-state index is 6.10. The van der Waals surface area contributed by atoms with Crippen LogP contribution in [0.1, 0.15) is 0 Å². The Hall–Kier alpha value is -6.16. The van der Waals surface area contributed by atoms with Crippen LogP contribution in [0.15, 0.2) is 180 Å². The maximum Gasteiger partial charge on any atom is 0.135 e. The second-order valence-electron chi connectivity index (χ2n) is 12.6. The molecule has 10 aromatic rings. The molecule has 0 N–H and O–H groups in total. The van der Waals surface area contributed by atoms with Crippen LogP contribution in [0.4, 0.5) is 17.1 Å². The van der Waals surface area contributed by atoms with Gasteiger partial charge >= 0.3 is 0 Å². The SMILES string of the molecule is c1cc(-c2ccc3ccccc3c2)cc(N(c2ccc(-c3ccc4oc5ccccc5c4c3)cc2)c2ccc3sc4ccccc4c3c2)c1. The van der Waals surface area contributed by atoms with E-state index in [9.17, 15) is 0 Å². The molecule has 2 heterocycles. The minimum Gasteiger partial charge on any atom is -0.456 e. The van der Waals surface area contributed by atoms with Crippen molar-refractivity contribution in [3.63, 3.8) is 0 Å². The van der Waals surface area contributed by atoms with Gasteiger partial charge in [-0.1, -0.05) is 103 Å². The fourth-order valence-electron chi connectivity index (χ4n) is 7.20. The number of thiophene rings is 1. The van der Waals surface area contributed by atoms with Gasteiger partial charge in [0.25, 0.3) is 0 Å². The highest BCUT2D eigenvalue weighted by Crippen LogP contribution is 2.42. The smallest absolute Gasteiger partial charge is 0.135 e. The molecule has 0 aliphatic carbocycles. The van der Waals surface area contributed by atoms with E-state index >= 15 is 0 Å². The number of rotatable bonds is 5. The van der Waals surface area contributed by atoms with Crippen molar-refractivity contribution in [2.45, 2.75) is 0 Å². The van der Waals surface area contributed by atoms with Crippen molar-refractivity contribution in [3.05, 3.63) is 176 Å². The number of furan rings is 1. The van der Waals surface area contributed by atoms with E-state index in [1.165, 1.54) is 53.2 Å². The second kappa shape index (κ2) is 11.2. The van der Waals surface area contributed by atoms with Crippen LogP contribution in [-0.4, -0.2) is 0 Å². The van der Waals surface area contributed by atoms with E-state index in [4.69, 9.17) is 4.42 Å². The highest BCUT2D eigenvalue weighted by molar-refractivity contribution is 7.25. The van der Waals surface area contributed by atoms with E-state index in [1.807, 2.05) is 23.5 Å². The largest absolute Gasteiger partial charge is 0.456 e. The molecule has 10 rings (SSSR count). The third-order valence-corrected chi connectivity index (χ3v) is 10.8. The normalized spacial score (nSPS) is 11.7. The Kier molecular flexibility index (Phi) is 6.39. The van der Waals surface area contributed by atoms with Crippen molar-refractivity contribution in [1.29, 1.82) is 0 Å². The molecule has 0 spiro atoms. The zero-order valence-corrected chi connectivity index (χ0v) is 27.3. The molecule has 8 aromatic carbocycles. The predicted molar refractivity (Wildman–Crippen MR) is 210 cm³/mol. The molecule has 0 saturated carbocycles. The number of para-hydroxylation sites is 1. The molecule has 0 atom stereocenters. The molecule has 0 saturated heterocycles. The van der Waals surface area contributed by atoms with Gasteiger partial charge in [0.05, 0.1) is 0 Å². The molecule has 0 fully saturated rings. The van der Waals surface area contributed by atoms with Gasteiger partial charge in [0.2, 0.25) is 0 Å². The first-order chi connectivity index (χ1) is 24.2. The van der Waals surface area contributed by atoms with Gasteiger partial charge in [-0.3, -0.25) is 0 Å². The van der Waals surface area contributed by atoms with Crippen molar-refractivity contribution in [1.82, 2.24) is 0 Å². The quantitative estimate of drug-likeness (QED) is 0.186. The van der Waals surface area contributed by atoms with Gasteiger partial charge in [-0.15, -0.1) is 11.3 Å². The van der Waals surface area contributed by atoms with Gasteiger partial charge < -0.3 is 9.32 Å². The standard InChI is InChI=1S/C46H29NOS/c1-2-9-32-26-34(17-16-30(32)8-1)33-10-7-11-37(27-33)47(38-23-25-46-42(29-38)40-13-4-6-15-45(40)49-46)36-21-18-31(19-22-36)35-20-24-44-41(28-35)39-12-3-5-14-43(39)48-44/h1-29H. The van der Waals surface area contributed by atoms with Crippen molar-refractivity contribution < 1.29 is 4.42 Å². The maximum absolute atomic E-state index is 6.10. The zero-order chi connectivity index (χ0) is 32.3. The Bertz CT molecular complexity index is 2840. The highest BCUT2D eigenvalue weighted by atomic mass is 32.1. The van der Waals surface area contributed by atoms with Crippen LogP contribution < -0.4 is 4.90 Å². The summed E-state index contributed by atoms with van der Waals surface area (Å²) >= 11 is 1.85. The number of fused-ring (bicyclic) bond motifs is 7. The molecular formula is C46H29NOS. The van der Waals surface area contributed by atoms with Crippen LogP contribution in [0.2, 0.25) is 0 Å². The summed E-state index contributed by atoms with van der Waals surface area (Å²) in [7, 11) is 0. The molecule has 0 aliphatic heterocycles. The first-order valence-electron chi connectivity index (χ1n) is 16.6. The monoisotopic (exact) mass is 643 g/mol. The summed E-state index contributed by atoms with van der Waals surface area (Å²) in [6.07, 6.45) is 0. The molecule has 2 nitrogen and oxygen atoms in total. The van der Waals surface area contributed by atoms with Crippen LogP contribution in [0.5, 0.6) is 0 Å². The lowest BCUT2D eigenvalue weighted by Crippen LogP contribution is -2.10. The average molecular weight is 644 g/mol. The lowest BCUT2D eigenvalue weighted by molar-refractivity contribution is 0.669. The van der Waals surface area contributed by atoms with E-state index in [0.29, 0.717) is 0 Å². The summed E-state index contributed by atoms with van der Waals surface area (Å²) < 4.78 is 8.71. The Morgan fingerprint density at radius 1 is 0.347 bits per heavy atom. The van der Waals surface area contributed by atoms with Crippen LogP contribution in [0.3, 0.4) is 0 Å². The number of nitrogens with zero attached hydrogens (tertiary/aromatic N) is 1. The first-order valence-corrected chi connectivity index (χ1v) is 17.4. The summed E-state index contributed by atoms with van der Waals surface area (Å²) in [6, 6.07) is 63.5. The van der Waals surface area contributed by atoms with Gasteiger partial charge in [-0.2, -0.15) is 0 Å². The van der Waals surface area contributed by atoms with Gasteiger partial charge in [-0.25, -0.2) is 0 Å². The second-order valence-corrected chi connectivity index (χ2v) is 13.7. The van der Waals surface area contributed by atoms with Gasteiger partial charge in [-0.05, 0) is 106 Å². The lowest BCUT2D eigenvalue weighted by Gasteiger charge is -2.26. The van der Waals surface area contributed by atoms with Crippen LogP contribution in [-0.2, 0) is 0 Å². The third-order valence-electron chi connectivity index (χ3n) is 9.64. The molecule has 0 bridgehead atoms. The van der Waals surface area contributed by atoms with E-state index in [0.717, 1.165) is 39.0 Å². The predicted octanol–water partition coefficient (Wildman–Crippen LogP) is 13.9. The number of benzene rings is 8. The highest BCUT2D eigenvalue weighted by Gasteiger charge is 2.17. The molecule has 3 heteroatoms. The Balaban J connectivity index is 1.10. The minimum atomic E-state index is 0.912. The Morgan fingerprint density at radius 3 is 1.92 bits per heavy atom. The first kappa shape index (κ1) is 27.9. The third kappa shape index (κ3) is 4.78. The summed E-state index contributed by atoms with van der Waals surface area (Å²) in [6.45, 7) is 0. The summed E-state index contributed by atoms with van der Waals surface area (Å²) in [5, 5.41) is 7.36. The van der Waals surface area contributed by atoms with Gasteiger partial charge in [0.1, 0.15) is 11.2 Å². The van der Waals surface area contributed by atoms with Crippen LogP contribution >= 0.6 is 11.3 Å². The molecule has 0 radical (unpaired) electrons. The molecular weight excluding hydrogens is 615 g/mol. The summed E-state index contributed by atoms with van der Waals surface area (Å²) in [5.74, 6) is 0. The fourth-order valence-corrected chi connectivity index (χ4v) is 8.29. The van der Waals surface area contributed by atoms with E-state index in [2.05, 4.69) is 169 Å². The summed E-state index contributed by atoms with van der Waals surface area (Å²) in [5.41, 5.74) is 9.91.